The number of nitrogens with zero attached hydrogens (tertiary/aromatic N) is 3. The number of fused-ring (bicyclic) bond motifs is 2. The molecule has 7 nitrogen and oxygen atoms in total. The average Bonchev–Trinajstić information content (AvgIpc) is 3.40. The van der Waals surface area contributed by atoms with Crippen LogP contribution in [0.5, 0.6) is 0 Å². The number of alkyl halides is 6. The maximum atomic E-state index is 14.3. The molecule has 1 aliphatic heterocycles. The second-order valence-electron chi connectivity index (χ2n) is 12.6. The van der Waals surface area contributed by atoms with Crippen LogP contribution in [-0.4, -0.2) is 83.9 Å². The van der Waals surface area contributed by atoms with Gasteiger partial charge in [-0.1, -0.05) is 36.4 Å². The lowest BCUT2D eigenvalue weighted by molar-refractivity contribution is -0.236. The molecule has 1 saturated heterocycles. The highest BCUT2D eigenvalue weighted by Crippen LogP contribution is 2.47. The van der Waals surface area contributed by atoms with Crippen molar-refractivity contribution in [2.75, 3.05) is 33.7 Å². The molecule has 5 rings (SSSR count). The molecule has 2 aromatic carbocycles. The summed E-state index contributed by atoms with van der Waals surface area (Å²) in [6, 6.07) is 11.8. The zero-order valence-corrected chi connectivity index (χ0v) is 25.5. The Morgan fingerprint density at radius 3 is 2.33 bits per heavy atom. The van der Waals surface area contributed by atoms with E-state index in [2.05, 4.69) is 16.3 Å². The molecule has 3 aromatic rings. The number of rotatable bonds is 9. The van der Waals surface area contributed by atoms with Gasteiger partial charge in [0, 0.05) is 30.5 Å². The summed E-state index contributed by atoms with van der Waals surface area (Å²) in [5.41, 5.74) is 1.49. The van der Waals surface area contributed by atoms with Crippen LogP contribution in [0.15, 0.2) is 48.7 Å². The van der Waals surface area contributed by atoms with E-state index in [1.54, 1.807) is 18.3 Å². The second-order valence-corrected chi connectivity index (χ2v) is 12.6. The Hall–Kier alpha value is -3.71. The van der Waals surface area contributed by atoms with E-state index in [1.807, 2.05) is 38.4 Å². The second kappa shape index (κ2) is 12.8. The van der Waals surface area contributed by atoms with E-state index in [0.29, 0.717) is 18.4 Å². The van der Waals surface area contributed by atoms with Crippen LogP contribution in [0.2, 0.25) is 0 Å². The Bertz CT molecular complexity index is 1600. The SMILES string of the molecule is CN(C)Cc1cccc2c([C@@H]3CCc4c(C[C@H](NC(=O)C5(C(F)(F)F)CCN(CC(F)(F)F)CC5)C(=O)O)cccc43)nccc12. The van der Waals surface area contributed by atoms with E-state index in [9.17, 15) is 41.0 Å². The first-order chi connectivity index (χ1) is 21.6. The Morgan fingerprint density at radius 1 is 1.02 bits per heavy atom. The minimum Gasteiger partial charge on any atom is -0.480 e. The lowest BCUT2D eigenvalue weighted by Gasteiger charge is -2.42. The van der Waals surface area contributed by atoms with Crippen molar-refractivity contribution in [1.29, 1.82) is 0 Å². The van der Waals surface area contributed by atoms with E-state index in [1.165, 1.54) is 0 Å². The quantitative estimate of drug-likeness (QED) is 0.290. The van der Waals surface area contributed by atoms with Gasteiger partial charge in [0.2, 0.25) is 5.91 Å². The number of aromatic nitrogens is 1. The van der Waals surface area contributed by atoms with Crippen LogP contribution >= 0.6 is 0 Å². The highest BCUT2D eigenvalue weighted by atomic mass is 19.4. The number of carbonyl (C=O) groups is 2. The van der Waals surface area contributed by atoms with Crippen molar-refractivity contribution in [2.45, 2.75) is 63.0 Å². The number of nitrogens with one attached hydrogen (secondary N) is 1. The topological polar surface area (TPSA) is 85.8 Å². The fourth-order valence-electron chi connectivity index (χ4n) is 6.96. The molecule has 1 amide bonds. The number of piperidine rings is 1. The van der Waals surface area contributed by atoms with Gasteiger partial charge < -0.3 is 15.3 Å². The first-order valence-electron chi connectivity index (χ1n) is 15.1. The highest BCUT2D eigenvalue weighted by molar-refractivity contribution is 5.89. The van der Waals surface area contributed by atoms with Crippen molar-refractivity contribution in [1.82, 2.24) is 20.1 Å². The van der Waals surface area contributed by atoms with Crippen molar-refractivity contribution in [3.05, 3.63) is 76.6 Å². The number of hydrogen-bond acceptors (Lipinski definition) is 5. The lowest BCUT2D eigenvalue weighted by Crippen LogP contribution is -2.59. The normalized spacial score (nSPS) is 19.3. The van der Waals surface area contributed by atoms with Gasteiger partial charge in [0.05, 0.1) is 12.2 Å². The molecule has 1 aromatic heterocycles. The number of benzene rings is 2. The molecule has 1 aliphatic carbocycles. The van der Waals surface area contributed by atoms with Crippen LogP contribution < -0.4 is 5.32 Å². The van der Waals surface area contributed by atoms with Gasteiger partial charge in [-0.25, -0.2) is 4.79 Å². The number of carbonyl (C=O) groups excluding carboxylic acids is 1. The van der Waals surface area contributed by atoms with Crippen molar-refractivity contribution < 1.29 is 41.0 Å². The van der Waals surface area contributed by atoms with Gasteiger partial charge in [0.25, 0.3) is 0 Å². The summed E-state index contributed by atoms with van der Waals surface area (Å²) < 4.78 is 81.4. The van der Waals surface area contributed by atoms with Crippen LogP contribution in [0.3, 0.4) is 0 Å². The molecule has 2 atom stereocenters. The largest absolute Gasteiger partial charge is 0.480 e. The summed E-state index contributed by atoms with van der Waals surface area (Å²) in [6.07, 6.45) is -8.66. The number of pyridine rings is 1. The van der Waals surface area contributed by atoms with Crippen molar-refractivity contribution in [3.8, 4) is 0 Å². The predicted molar refractivity (Wildman–Crippen MR) is 159 cm³/mol. The summed E-state index contributed by atoms with van der Waals surface area (Å²) in [4.78, 5) is 33.1. The van der Waals surface area contributed by atoms with Crippen molar-refractivity contribution in [3.63, 3.8) is 0 Å². The molecule has 2 N–H and O–H groups in total. The number of carboxylic acid groups (broad SMARTS) is 1. The number of carboxylic acids is 1. The van der Waals surface area contributed by atoms with E-state index >= 15 is 0 Å². The molecule has 0 spiro atoms. The Labute approximate surface area is 262 Å². The van der Waals surface area contributed by atoms with Crippen LogP contribution in [-0.2, 0) is 29.0 Å². The maximum Gasteiger partial charge on any atom is 0.403 e. The molecule has 0 saturated carbocycles. The molecule has 0 unspecified atom stereocenters. The monoisotopic (exact) mass is 650 g/mol. The summed E-state index contributed by atoms with van der Waals surface area (Å²) in [5, 5.41) is 14.2. The van der Waals surface area contributed by atoms with Gasteiger partial charge in [-0.3, -0.25) is 14.7 Å². The first kappa shape index (κ1) is 33.6. The minimum atomic E-state index is -5.08. The van der Waals surface area contributed by atoms with E-state index in [4.69, 9.17) is 4.98 Å². The summed E-state index contributed by atoms with van der Waals surface area (Å²) in [7, 11) is 3.99. The van der Waals surface area contributed by atoms with E-state index < -0.39 is 68.2 Å². The van der Waals surface area contributed by atoms with Crippen LogP contribution in [0.4, 0.5) is 26.3 Å². The molecule has 1 fully saturated rings. The number of hydrogen-bond donors (Lipinski definition) is 2. The van der Waals surface area contributed by atoms with Gasteiger partial charge in [0.1, 0.15) is 11.5 Å². The van der Waals surface area contributed by atoms with Crippen LogP contribution in [0, 0.1) is 5.41 Å². The fourth-order valence-corrected chi connectivity index (χ4v) is 6.96. The van der Waals surface area contributed by atoms with Crippen LogP contribution in [0.25, 0.3) is 10.8 Å². The molecular formula is C33H36F6N4O3. The third-order valence-corrected chi connectivity index (χ3v) is 9.23. The van der Waals surface area contributed by atoms with Gasteiger partial charge in [-0.05, 0) is 86.6 Å². The lowest BCUT2D eigenvalue weighted by atomic mass is 9.76. The summed E-state index contributed by atoms with van der Waals surface area (Å²) in [5.74, 6) is -3.11. The number of likely N-dealkylation sites (tertiary alicyclic amines) is 1. The molecule has 13 heteroatoms. The highest BCUT2D eigenvalue weighted by Gasteiger charge is 2.61. The molecule has 2 aliphatic rings. The van der Waals surface area contributed by atoms with E-state index in [0.717, 1.165) is 44.6 Å². The fraction of sp³-hybridized carbons (Fsp3) is 0.485. The van der Waals surface area contributed by atoms with Gasteiger partial charge in [0.15, 0.2) is 0 Å². The molecule has 0 radical (unpaired) electrons. The minimum absolute atomic E-state index is 0.0819. The zero-order chi connectivity index (χ0) is 33.4. The third kappa shape index (κ3) is 6.85. The van der Waals surface area contributed by atoms with Crippen molar-refractivity contribution in [2.24, 2.45) is 5.41 Å². The van der Waals surface area contributed by atoms with Crippen molar-refractivity contribution >= 4 is 22.6 Å². The molecule has 46 heavy (non-hydrogen) atoms. The van der Waals surface area contributed by atoms with Gasteiger partial charge in [-0.15, -0.1) is 0 Å². The third-order valence-electron chi connectivity index (χ3n) is 9.23. The standard InChI is InChI=1S/C33H36F6N4O3/c1-42(2)18-21-6-4-8-25-23(21)11-14-40-28(25)26-10-9-22-20(5-3-7-24(22)26)17-27(29(44)45)41-30(46)31(33(37,38)39)12-15-43(16-13-31)19-32(34,35)36/h3-8,11,14,26-27H,9-10,12-13,15-19H2,1-2H3,(H,41,46)(H,44,45)/t26-,27+/m1/s1. The average molecular weight is 651 g/mol. The number of amides is 1. The Balaban J connectivity index is 1.38. The van der Waals surface area contributed by atoms with Gasteiger partial charge >= 0.3 is 18.3 Å². The molecule has 2 heterocycles. The number of aliphatic carboxylic acids is 1. The molecule has 248 valence electrons. The summed E-state index contributed by atoms with van der Waals surface area (Å²) >= 11 is 0. The predicted octanol–water partition coefficient (Wildman–Crippen LogP) is 5.69. The van der Waals surface area contributed by atoms with Gasteiger partial charge in [-0.2, -0.15) is 26.3 Å². The zero-order valence-electron chi connectivity index (χ0n) is 25.5. The van der Waals surface area contributed by atoms with Crippen LogP contribution in [0.1, 0.15) is 53.1 Å². The maximum absolute atomic E-state index is 14.3. The number of halogens is 6. The van der Waals surface area contributed by atoms with E-state index in [-0.39, 0.29) is 12.3 Å². The first-order valence-corrected chi connectivity index (χ1v) is 15.1. The Morgan fingerprint density at radius 2 is 1.70 bits per heavy atom. The smallest absolute Gasteiger partial charge is 0.403 e. The molecular weight excluding hydrogens is 614 g/mol. The summed E-state index contributed by atoms with van der Waals surface area (Å²) in [6.45, 7) is -1.84. The molecule has 0 bridgehead atoms. The Kier molecular flexibility index (Phi) is 9.38.